The number of rotatable bonds is 6. The monoisotopic (exact) mass is 439 g/mol. The fourth-order valence-electron chi connectivity index (χ4n) is 2.37. The first-order valence-electron chi connectivity index (χ1n) is 8.58. The van der Waals surface area contributed by atoms with Crippen molar-refractivity contribution in [2.24, 2.45) is 0 Å². The smallest absolute Gasteiger partial charge is 0.437 e. The fraction of sp³-hybridized carbons (Fsp3) is 0.158. The molecule has 1 amide bonds. The fourth-order valence-corrected chi connectivity index (χ4v) is 2.37. The number of nitrogens with one attached hydrogen (secondary N) is 1. The Balaban J connectivity index is 1.52. The largest absolute Gasteiger partial charge is 0.454 e. The van der Waals surface area contributed by atoms with Crippen LogP contribution in [0.15, 0.2) is 57.7 Å². The van der Waals surface area contributed by atoms with Gasteiger partial charge in [-0.3, -0.25) is 9.59 Å². The van der Waals surface area contributed by atoms with Crippen LogP contribution in [0.1, 0.15) is 5.56 Å². The van der Waals surface area contributed by atoms with Crippen molar-refractivity contribution in [2.75, 3.05) is 11.9 Å². The number of amides is 1. The van der Waals surface area contributed by atoms with Crippen LogP contribution in [0, 0.1) is 5.82 Å². The minimum Gasteiger partial charge on any atom is -0.454 e. The van der Waals surface area contributed by atoms with Crippen LogP contribution in [0.2, 0.25) is 0 Å². The Morgan fingerprint density at radius 2 is 1.71 bits per heavy atom. The minimum absolute atomic E-state index is 0.0747. The summed E-state index contributed by atoms with van der Waals surface area (Å²) in [5, 5.41) is 6.06. The summed E-state index contributed by atoms with van der Waals surface area (Å²) < 4.78 is 60.8. The molecule has 31 heavy (non-hydrogen) atoms. The summed E-state index contributed by atoms with van der Waals surface area (Å²) in [5.74, 6) is -3.39. The molecule has 2 aromatic carbocycles. The molecule has 3 aromatic rings. The predicted octanol–water partition coefficient (Wildman–Crippen LogP) is 2.84. The third kappa shape index (κ3) is 5.78. The molecule has 1 N–H and O–H groups in total. The summed E-state index contributed by atoms with van der Waals surface area (Å²) >= 11 is 0. The van der Waals surface area contributed by atoms with E-state index in [-0.39, 0.29) is 11.6 Å². The highest BCUT2D eigenvalue weighted by Gasteiger charge is 2.30. The van der Waals surface area contributed by atoms with E-state index in [0.717, 1.165) is 36.4 Å². The van der Waals surface area contributed by atoms with Gasteiger partial charge in [0, 0.05) is 11.3 Å². The first-order valence-corrected chi connectivity index (χ1v) is 8.58. The predicted molar refractivity (Wildman–Crippen MR) is 97.2 cm³/mol. The molecule has 8 nitrogen and oxygen atoms in total. The molecule has 1 heterocycles. The second-order valence-corrected chi connectivity index (χ2v) is 6.12. The third-order valence-corrected chi connectivity index (χ3v) is 3.84. The number of carbonyl (C=O) groups is 2. The standard InChI is InChI=1S/C19H13F4N3O5/c20-13-5-1-11(2-6-13)17-25-26(18(29)31-17)9-16(28)30-10-15(27)24-14-7-3-12(4-8-14)19(21,22)23/h1-8H,9-10H2,(H,24,27). The average Bonchev–Trinajstić information content (AvgIpc) is 3.07. The second kappa shape index (κ2) is 8.81. The molecule has 0 spiro atoms. The van der Waals surface area contributed by atoms with Gasteiger partial charge in [0.1, 0.15) is 12.4 Å². The lowest BCUT2D eigenvalue weighted by Gasteiger charge is -2.09. The zero-order chi connectivity index (χ0) is 22.6. The van der Waals surface area contributed by atoms with Gasteiger partial charge in [-0.15, -0.1) is 5.10 Å². The van der Waals surface area contributed by atoms with E-state index in [1.165, 1.54) is 12.1 Å². The van der Waals surface area contributed by atoms with Gasteiger partial charge in [0.2, 0.25) is 5.89 Å². The minimum atomic E-state index is -4.51. The van der Waals surface area contributed by atoms with Gasteiger partial charge in [-0.2, -0.15) is 17.9 Å². The number of hydrogen-bond donors (Lipinski definition) is 1. The van der Waals surface area contributed by atoms with Crippen molar-refractivity contribution < 1.29 is 36.3 Å². The number of alkyl halides is 3. The number of carbonyl (C=O) groups excluding carboxylic acids is 2. The topological polar surface area (TPSA) is 103 Å². The van der Waals surface area contributed by atoms with Crippen molar-refractivity contribution in [1.29, 1.82) is 0 Å². The molecule has 0 fully saturated rings. The summed E-state index contributed by atoms with van der Waals surface area (Å²) in [7, 11) is 0. The molecular weight excluding hydrogens is 426 g/mol. The first-order chi connectivity index (χ1) is 14.6. The molecule has 0 aliphatic heterocycles. The summed E-state index contributed by atoms with van der Waals surface area (Å²) in [4.78, 5) is 35.4. The molecular formula is C19H13F4N3O5. The third-order valence-electron chi connectivity index (χ3n) is 3.84. The number of hydrogen-bond acceptors (Lipinski definition) is 6. The van der Waals surface area contributed by atoms with Crippen molar-refractivity contribution in [3.8, 4) is 11.5 Å². The lowest BCUT2D eigenvalue weighted by Crippen LogP contribution is -2.26. The van der Waals surface area contributed by atoms with Crippen LogP contribution >= 0.6 is 0 Å². The maximum Gasteiger partial charge on any atom is 0.437 e. The normalized spacial score (nSPS) is 11.2. The highest BCUT2D eigenvalue weighted by molar-refractivity contribution is 5.92. The number of esters is 1. The molecule has 0 saturated heterocycles. The zero-order valence-corrected chi connectivity index (χ0v) is 15.5. The molecule has 12 heteroatoms. The molecule has 0 bridgehead atoms. The highest BCUT2D eigenvalue weighted by Crippen LogP contribution is 2.29. The molecule has 0 atom stereocenters. The van der Waals surface area contributed by atoms with Gasteiger partial charge in [-0.25, -0.2) is 9.18 Å². The second-order valence-electron chi connectivity index (χ2n) is 6.12. The maximum absolute atomic E-state index is 13.0. The van der Waals surface area contributed by atoms with Crippen LogP contribution in [-0.4, -0.2) is 28.3 Å². The number of benzene rings is 2. The van der Waals surface area contributed by atoms with Gasteiger partial charge in [-0.1, -0.05) is 0 Å². The van der Waals surface area contributed by atoms with Gasteiger partial charge < -0.3 is 14.5 Å². The summed E-state index contributed by atoms with van der Waals surface area (Å²) in [6, 6.07) is 8.61. The van der Waals surface area contributed by atoms with Gasteiger partial charge in [-0.05, 0) is 48.5 Å². The Morgan fingerprint density at radius 3 is 2.32 bits per heavy atom. The van der Waals surface area contributed by atoms with Crippen molar-refractivity contribution >= 4 is 17.6 Å². The summed E-state index contributed by atoms with van der Waals surface area (Å²) in [6.07, 6.45) is -4.51. The Labute approximate surface area is 171 Å². The molecule has 0 aliphatic carbocycles. The lowest BCUT2D eigenvalue weighted by molar-refractivity contribution is -0.148. The number of aromatic nitrogens is 2. The number of ether oxygens (including phenoxy) is 1. The van der Waals surface area contributed by atoms with Gasteiger partial charge in [0.25, 0.3) is 5.91 Å². The molecule has 0 aliphatic rings. The van der Waals surface area contributed by atoms with E-state index in [2.05, 4.69) is 10.4 Å². The van der Waals surface area contributed by atoms with Crippen LogP contribution < -0.4 is 11.1 Å². The van der Waals surface area contributed by atoms with Gasteiger partial charge in [0.05, 0.1) is 5.56 Å². The van der Waals surface area contributed by atoms with E-state index < -0.39 is 48.3 Å². The lowest BCUT2D eigenvalue weighted by atomic mass is 10.2. The SMILES string of the molecule is O=C(COC(=O)Cn1nc(-c2ccc(F)cc2)oc1=O)Nc1ccc(C(F)(F)F)cc1. The van der Waals surface area contributed by atoms with E-state index in [1.54, 1.807) is 0 Å². The van der Waals surface area contributed by atoms with Crippen LogP contribution in [0.4, 0.5) is 23.2 Å². The van der Waals surface area contributed by atoms with Crippen molar-refractivity contribution in [2.45, 2.75) is 12.7 Å². The number of nitrogens with zero attached hydrogens (tertiary/aromatic N) is 2. The Morgan fingerprint density at radius 1 is 1.06 bits per heavy atom. The maximum atomic E-state index is 13.0. The first kappa shape index (κ1) is 21.7. The van der Waals surface area contributed by atoms with Crippen molar-refractivity contribution in [3.05, 3.63) is 70.5 Å². The molecule has 162 valence electrons. The van der Waals surface area contributed by atoms with E-state index in [9.17, 15) is 31.9 Å². The Kier molecular flexibility index (Phi) is 6.18. The van der Waals surface area contributed by atoms with Gasteiger partial charge in [0.15, 0.2) is 6.61 Å². The highest BCUT2D eigenvalue weighted by atomic mass is 19.4. The molecule has 0 saturated carbocycles. The molecule has 0 unspecified atom stereocenters. The van der Waals surface area contributed by atoms with Crippen LogP contribution in [0.5, 0.6) is 0 Å². The van der Waals surface area contributed by atoms with E-state index in [0.29, 0.717) is 10.2 Å². The molecule has 1 aromatic heterocycles. The van der Waals surface area contributed by atoms with Crippen LogP contribution in [-0.2, 0) is 27.0 Å². The van der Waals surface area contributed by atoms with Crippen LogP contribution in [0.3, 0.4) is 0 Å². The Hall–Kier alpha value is -3.96. The van der Waals surface area contributed by atoms with Gasteiger partial charge >= 0.3 is 17.9 Å². The zero-order valence-electron chi connectivity index (χ0n) is 15.5. The number of anilines is 1. The van der Waals surface area contributed by atoms with E-state index >= 15 is 0 Å². The van der Waals surface area contributed by atoms with E-state index in [1.807, 2.05) is 0 Å². The van der Waals surface area contributed by atoms with E-state index in [4.69, 9.17) is 9.15 Å². The summed E-state index contributed by atoms with van der Waals surface area (Å²) in [5.41, 5.74) is -0.498. The Bertz CT molecular complexity index is 1140. The quantitative estimate of drug-likeness (QED) is 0.468. The van der Waals surface area contributed by atoms with Crippen molar-refractivity contribution in [3.63, 3.8) is 0 Å². The van der Waals surface area contributed by atoms with Crippen molar-refractivity contribution in [1.82, 2.24) is 9.78 Å². The number of halogens is 4. The summed E-state index contributed by atoms with van der Waals surface area (Å²) in [6.45, 7) is -1.39. The molecule has 0 radical (unpaired) electrons. The van der Waals surface area contributed by atoms with Crippen LogP contribution in [0.25, 0.3) is 11.5 Å². The molecule has 3 rings (SSSR count). The average molecular weight is 439 g/mol.